The van der Waals surface area contributed by atoms with Crippen LogP contribution in [0.3, 0.4) is 0 Å². The SMILES string of the molecule is [CH2-]CNc1[c-]ccc(OC)c1.[K+]. The van der Waals surface area contributed by atoms with Crippen molar-refractivity contribution in [2.24, 2.45) is 0 Å². The minimum atomic E-state index is 0. The predicted octanol–water partition coefficient (Wildman–Crippen LogP) is -1.25. The Morgan fingerprint density at radius 3 is 3.00 bits per heavy atom. The van der Waals surface area contributed by atoms with Crippen LogP contribution >= 0.6 is 0 Å². The van der Waals surface area contributed by atoms with E-state index in [0.717, 1.165) is 11.4 Å². The Balaban J connectivity index is 0.00000121. The molecule has 0 aliphatic rings. The van der Waals surface area contributed by atoms with Crippen LogP contribution < -0.4 is 61.4 Å². The number of hydrogen-bond donors (Lipinski definition) is 1. The molecule has 0 saturated heterocycles. The molecule has 1 rings (SSSR count). The number of benzene rings is 1. The third-order valence-electron chi connectivity index (χ3n) is 1.32. The monoisotopic (exact) mass is 188 g/mol. The fourth-order valence-electron chi connectivity index (χ4n) is 0.809. The maximum absolute atomic E-state index is 5.02. The second-order valence-corrected chi connectivity index (χ2v) is 2.07. The fourth-order valence-corrected chi connectivity index (χ4v) is 0.809. The Morgan fingerprint density at radius 1 is 1.67 bits per heavy atom. The van der Waals surface area contributed by atoms with Crippen LogP contribution in [0.2, 0.25) is 0 Å². The van der Waals surface area contributed by atoms with Gasteiger partial charge in [-0.2, -0.15) is 12.1 Å². The van der Waals surface area contributed by atoms with Gasteiger partial charge in [-0.15, -0.1) is 18.7 Å². The molecule has 60 valence electrons. The van der Waals surface area contributed by atoms with Crippen LogP contribution in [-0.2, 0) is 0 Å². The minimum Gasteiger partial charge on any atom is -0.522 e. The molecule has 2 nitrogen and oxygen atoms in total. The molecule has 1 aromatic carbocycles. The van der Waals surface area contributed by atoms with Crippen molar-refractivity contribution in [3.8, 4) is 5.75 Å². The third kappa shape index (κ3) is 3.91. The van der Waals surface area contributed by atoms with E-state index >= 15 is 0 Å². The van der Waals surface area contributed by atoms with Crippen molar-refractivity contribution in [1.29, 1.82) is 0 Å². The van der Waals surface area contributed by atoms with Crippen LogP contribution in [0.5, 0.6) is 5.75 Å². The number of methoxy groups -OCH3 is 1. The van der Waals surface area contributed by atoms with E-state index in [0.29, 0.717) is 6.54 Å². The molecule has 0 radical (unpaired) electrons. The zero-order valence-corrected chi connectivity index (χ0v) is 10.7. The maximum Gasteiger partial charge on any atom is 1.00 e. The van der Waals surface area contributed by atoms with Gasteiger partial charge in [0.2, 0.25) is 0 Å². The second kappa shape index (κ2) is 6.92. The van der Waals surface area contributed by atoms with Crippen LogP contribution in [0.1, 0.15) is 0 Å². The summed E-state index contributed by atoms with van der Waals surface area (Å²) in [6.45, 7) is 4.32. The van der Waals surface area contributed by atoms with Gasteiger partial charge in [0.15, 0.2) is 0 Å². The van der Waals surface area contributed by atoms with E-state index < -0.39 is 0 Å². The Hall–Kier alpha value is 0.456. The van der Waals surface area contributed by atoms with Gasteiger partial charge in [-0.3, -0.25) is 0 Å². The summed E-state index contributed by atoms with van der Waals surface area (Å²) < 4.78 is 5.02. The van der Waals surface area contributed by atoms with Crippen molar-refractivity contribution in [1.82, 2.24) is 0 Å². The van der Waals surface area contributed by atoms with Gasteiger partial charge in [-0.25, -0.2) is 0 Å². The molecule has 1 aromatic rings. The van der Waals surface area contributed by atoms with Crippen LogP contribution in [0.4, 0.5) is 5.69 Å². The Bertz CT molecular complexity index is 228. The van der Waals surface area contributed by atoms with Gasteiger partial charge >= 0.3 is 51.4 Å². The van der Waals surface area contributed by atoms with Crippen molar-refractivity contribution in [3.63, 3.8) is 0 Å². The summed E-state index contributed by atoms with van der Waals surface area (Å²) in [6, 6.07) is 8.56. The van der Waals surface area contributed by atoms with Crippen molar-refractivity contribution < 1.29 is 56.1 Å². The van der Waals surface area contributed by atoms with E-state index in [2.05, 4.69) is 18.3 Å². The first kappa shape index (κ1) is 12.5. The molecule has 0 bridgehead atoms. The summed E-state index contributed by atoms with van der Waals surface area (Å²) in [5.74, 6) is 0.833. The first-order valence-corrected chi connectivity index (χ1v) is 3.45. The summed E-state index contributed by atoms with van der Waals surface area (Å²) >= 11 is 0. The summed E-state index contributed by atoms with van der Waals surface area (Å²) in [7, 11) is 1.64. The number of rotatable bonds is 3. The second-order valence-electron chi connectivity index (χ2n) is 2.07. The molecule has 1 N–H and O–H groups in total. The van der Waals surface area contributed by atoms with E-state index in [1.54, 1.807) is 7.11 Å². The largest absolute Gasteiger partial charge is 1.00 e. The molecular weight excluding hydrogens is 177 g/mol. The zero-order valence-electron chi connectivity index (χ0n) is 7.55. The fraction of sp³-hybridized carbons (Fsp3) is 0.222. The Morgan fingerprint density at radius 2 is 2.42 bits per heavy atom. The number of ether oxygens (including phenoxy) is 1. The van der Waals surface area contributed by atoms with Crippen LogP contribution in [-0.4, -0.2) is 13.7 Å². The molecule has 0 aliphatic carbocycles. The smallest absolute Gasteiger partial charge is 0.522 e. The van der Waals surface area contributed by atoms with Crippen molar-refractivity contribution in [2.75, 3.05) is 19.0 Å². The van der Waals surface area contributed by atoms with Gasteiger partial charge in [0.1, 0.15) is 0 Å². The third-order valence-corrected chi connectivity index (χ3v) is 1.32. The molecule has 0 heterocycles. The minimum absolute atomic E-state index is 0. The van der Waals surface area contributed by atoms with E-state index in [1.807, 2.05) is 18.2 Å². The molecule has 0 saturated carbocycles. The van der Waals surface area contributed by atoms with Gasteiger partial charge in [0.25, 0.3) is 0 Å². The van der Waals surface area contributed by atoms with E-state index in [9.17, 15) is 0 Å². The summed E-state index contributed by atoms with van der Waals surface area (Å²) in [5.41, 5.74) is 0.916. The number of hydrogen-bond acceptors (Lipinski definition) is 2. The molecule has 0 atom stereocenters. The summed E-state index contributed by atoms with van der Waals surface area (Å²) in [6.07, 6.45) is 0. The molecular formula is C9H11KNO-. The topological polar surface area (TPSA) is 21.3 Å². The summed E-state index contributed by atoms with van der Waals surface area (Å²) in [4.78, 5) is 0. The van der Waals surface area contributed by atoms with E-state index in [4.69, 9.17) is 4.74 Å². The zero-order chi connectivity index (χ0) is 8.10. The maximum atomic E-state index is 5.02. The van der Waals surface area contributed by atoms with Gasteiger partial charge in [-0.1, -0.05) is 5.69 Å². The van der Waals surface area contributed by atoms with Gasteiger partial charge < -0.3 is 17.0 Å². The van der Waals surface area contributed by atoms with Crippen molar-refractivity contribution >= 4 is 5.69 Å². The van der Waals surface area contributed by atoms with Gasteiger partial charge in [0.05, 0.1) is 7.11 Å². The average Bonchev–Trinajstić information content (AvgIpc) is 2.06. The van der Waals surface area contributed by atoms with Gasteiger partial charge in [-0.05, 0) is 0 Å². The van der Waals surface area contributed by atoms with Gasteiger partial charge in [0, 0.05) is 5.75 Å². The molecule has 0 unspecified atom stereocenters. The molecule has 0 amide bonds. The molecule has 12 heavy (non-hydrogen) atoms. The molecule has 0 aromatic heterocycles. The van der Waals surface area contributed by atoms with Crippen LogP contribution in [0.25, 0.3) is 0 Å². The normalized spacial score (nSPS) is 8.50. The molecule has 0 aliphatic heterocycles. The van der Waals surface area contributed by atoms with Crippen molar-refractivity contribution in [3.05, 3.63) is 31.2 Å². The first-order chi connectivity index (χ1) is 5.36. The Labute approximate surface area is 116 Å². The predicted molar refractivity (Wildman–Crippen MR) is 45.7 cm³/mol. The van der Waals surface area contributed by atoms with Crippen LogP contribution in [0.15, 0.2) is 18.2 Å². The van der Waals surface area contributed by atoms with Crippen LogP contribution in [0, 0.1) is 13.0 Å². The van der Waals surface area contributed by atoms with E-state index in [-0.39, 0.29) is 51.4 Å². The van der Waals surface area contributed by atoms with E-state index in [1.165, 1.54) is 0 Å². The quantitative estimate of drug-likeness (QED) is 0.472. The first-order valence-electron chi connectivity index (χ1n) is 3.45. The molecule has 0 spiro atoms. The number of anilines is 1. The average molecular weight is 188 g/mol. The standard InChI is InChI=1S/C9H11NO.K/c1-3-10-8-5-4-6-9(7-8)11-2;/h4,6-7,10H,1,3H2,2H3;/q-2;+1. The number of nitrogens with one attached hydrogen (secondary N) is 1. The molecule has 3 heteroatoms. The summed E-state index contributed by atoms with van der Waals surface area (Å²) in [5, 5.41) is 3.04. The molecule has 0 fully saturated rings. The Kier molecular flexibility index (Phi) is 7.18. The van der Waals surface area contributed by atoms with Crippen molar-refractivity contribution in [2.45, 2.75) is 0 Å².